The van der Waals surface area contributed by atoms with E-state index in [0.717, 1.165) is 19.3 Å². The molecule has 4 rings (SSSR count). The molecule has 0 unspecified atom stereocenters. The highest BCUT2D eigenvalue weighted by Crippen LogP contribution is 2.60. The van der Waals surface area contributed by atoms with Gasteiger partial charge in [0.25, 0.3) is 0 Å². The largest absolute Gasteiger partial charge is 0.583 e. The maximum atomic E-state index is 13.6. The second-order valence-electron chi connectivity index (χ2n) is 7.94. The maximum absolute atomic E-state index is 13.6. The standard InChI is InChI=1S/C15H17F6NO4/c16-13(17,14(18,19)15(20,21)22(24)25)11(23)26-7-12-4-8-1-9(5-12)3-10(2-8)6-12/h8-10H,1-7H2. The number of halogens is 6. The molecule has 11 heteroatoms. The molecule has 0 saturated heterocycles. The molecule has 4 bridgehead atoms. The van der Waals surface area contributed by atoms with E-state index in [1.165, 1.54) is 0 Å². The smallest absolute Gasteiger partial charge is 0.460 e. The normalized spacial score (nSPS) is 34.0. The molecule has 0 aliphatic heterocycles. The zero-order chi connectivity index (χ0) is 19.5. The van der Waals surface area contributed by atoms with Crippen LogP contribution in [-0.4, -0.2) is 35.4 Å². The highest BCUT2D eigenvalue weighted by atomic mass is 19.3. The number of esters is 1. The van der Waals surface area contributed by atoms with Crippen molar-refractivity contribution in [2.24, 2.45) is 23.2 Å². The van der Waals surface area contributed by atoms with Crippen LogP contribution in [0, 0.1) is 33.3 Å². The molecule has 0 amide bonds. The summed E-state index contributed by atoms with van der Waals surface area (Å²) in [6, 6.07) is -6.31. The fourth-order valence-electron chi connectivity index (χ4n) is 5.21. The van der Waals surface area contributed by atoms with Gasteiger partial charge in [-0.25, -0.2) is 4.79 Å². The van der Waals surface area contributed by atoms with E-state index in [-0.39, 0.29) is 0 Å². The summed E-state index contributed by atoms with van der Waals surface area (Å²) in [5, 5.41) is 10.0. The number of nitro groups is 1. The van der Waals surface area contributed by atoms with Gasteiger partial charge in [-0.3, -0.25) is 10.1 Å². The van der Waals surface area contributed by atoms with Gasteiger partial charge in [0.05, 0.1) is 6.61 Å². The van der Waals surface area contributed by atoms with E-state index in [2.05, 4.69) is 4.74 Å². The summed E-state index contributed by atoms with van der Waals surface area (Å²) in [7, 11) is 0. The number of alkyl halides is 6. The number of carbonyl (C=O) groups is 1. The summed E-state index contributed by atoms with van der Waals surface area (Å²) in [6.45, 7) is -0.564. The lowest BCUT2D eigenvalue weighted by Crippen LogP contribution is -2.61. The van der Waals surface area contributed by atoms with Crippen LogP contribution in [0.2, 0.25) is 0 Å². The van der Waals surface area contributed by atoms with Crippen LogP contribution in [0.5, 0.6) is 0 Å². The first-order chi connectivity index (χ1) is 11.8. The SMILES string of the molecule is O=C(OCC12CC3CC(CC(C3)C1)C2)C(F)(F)C(F)(F)C(F)(F)[N+](=O)[O-]. The Kier molecular flexibility index (Phi) is 4.23. The van der Waals surface area contributed by atoms with Crippen molar-refractivity contribution >= 4 is 5.97 Å². The fraction of sp³-hybridized carbons (Fsp3) is 0.933. The number of nitrogens with zero attached hydrogens (tertiary/aromatic N) is 1. The summed E-state index contributed by atoms with van der Waals surface area (Å²) in [5.41, 5.74) is -0.596. The van der Waals surface area contributed by atoms with Crippen LogP contribution < -0.4 is 0 Å². The number of hydrogen-bond acceptors (Lipinski definition) is 4. The topological polar surface area (TPSA) is 69.4 Å². The molecule has 0 N–H and O–H groups in total. The van der Waals surface area contributed by atoms with Gasteiger partial charge in [0.2, 0.25) is 0 Å². The zero-order valence-corrected chi connectivity index (χ0v) is 13.5. The molecule has 0 radical (unpaired) electrons. The Morgan fingerprint density at radius 2 is 1.42 bits per heavy atom. The van der Waals surface area contributed by atoms with Crippen molar-refractivity contribution in [1.82, 2.24) is 0 Å². The molecule has 5 nitrogen and oxygen atoms in total. The van der Waals surface area contributed by atoms with Crippen molar-refractivity contribution in [1.29, 1.82) is 0 Å². The van der Waals surface area contributed by atoms with Gasteiger partial charge in [-0.2, -0.15) is 17.6 Å². The van der Waals surface area contributed by atoms with Crippen molar-refractivity contribution in [2.45, 2.75) is 56.4 Å². The molecular weight excluding hydrogens is 372 g/mol. The van der Waals surface area contributed by atoms with Gasteiger partial charge in [0, 0.05) is 5.41 Å². The van der Waals surface area contributed by atoms with E-state index in [9.17, 15) is 41.3 Å². The quantitative estimate of drug-likeness (QED) is 0.227. The predicted octanol–water partition coefficient (Wildman–Crippen LogP) is 3.89. The summed E-state index contributed by atoms with van der Waals surface area (Å²) >= 11 is 0. The highest BCUT2D eigenvalue weighted by molar-refractivity contribution is 5.79. The average molecular weight is 389 g/mol. The van der Waals surface area contributed by atoms with Crippen molar-refractivity contribution in [3.8, 4) is 0 Å². The minimum atomic E-state index is -6.51. The van der Waals surface area contributed by atoms with Crippen LogP contribution in [0.1, 0.15) is 38.5 Å². The molecule has 148 valence electrons. The van der Waals surface area contributed by atoms with E-state index in [0.29, 0.717) is 37.0 Å². The maximum Gasteiger partial charge on any atom is 0.583 e. The van der Waals surface area contributed by atoms with Gasteiger partial charge in [-0.15, -0.1) is 8.78 Å². The minimum absolute atomic E-state index is 0.362. The summed E-state index contributed by atoms with van der Waals surface area (Å²) in [6.07, 6.45) is 4.82. The molecule has 4 saturated carbocycles. The van der Waals surface area contributed by atoms with Gasteiger partial charge < -0.3 is 4.74 Å². The molecule has 4 aliphatic carbocycles. The van der Waals surface area contributed by atoms with Gasteiger partial charge in [-0.1, -0.05) is 0 Å². The Morgan fingerprint density at radius 3 is 1.81 bits per heavy atom. The predicted molar refractivity (Wildman–Crippen MR) is 73.4 cm³/mol. The Hall–Kier alpha value is -1.55. The van der Waals surface area contributed by atoms with Gasteiger partial charge in [-0.05, 0) is 56.3 Å². The monoisotopic (exact) mass is 389 g/mol. The molecular formula is C15H17F6NO4. The van der Waals surface area contributed by atoms with E-state index >= 15 is 0 Å². The molecule has 0 aromatic carbocycles. The van der Waals surface area contributed by atoms with Crippen molar-refractivity contribution in [3.63, 3.8) is 0 Å². The third-order valence-corrected chi connectivity index (χ3v) is 5.93. The molecule has 0 heterocycles. The molecule has 0 atom stereocenters. The molecule has 4 aliphatic rings. The summed E-state index contributed by atoms with van der Waals surface area (Å²) in [4.78, 5) is 18.6. The van der Waals surface area contributed by atoms with E-state index in [1.54, 1.807) is 0 Å². The van der Waals surface area contributed by atoms with Crippen LogP contribution in [-0.2, 0) is 9.53 Å². The van der Waals surface area contributed by atoms with Crippen molar-refractivity contribution in [2.75, 3.05) is 6.61 Å². The van der Waals surface area contributed by atoms with Gasteiger partial charge >= 0.3 is 23.9 Å². The molecule has 4 fully saturated rings. The zero-order valence-electron chi connectivity index (χ0n) is 13.5. The molecule has 26 heavy (non-hydrogen) atoms. The lowest BCUT2D eigenvalue weighted by atomic mass is 9.50. The van der Waals surface area contributed by atoms with Gasteiger partial charge in [0.15, 0.2) is 0 Å². The van der Waals surface area contributed by atoms with E-state index in [4.69, 9.17) is 0 Å². The fourth-order valence-corrected chi connectivity index (χ4v) is 5.21. The Bertz CT molecular complexity index is 588. The Balaban J connectivity index is 1.70. The number of rotatable bonds is 6. The van der Waals surface area contributed by atoms with E-state index < -0.39 is 40.8 Å². The lowest BCUT2D eigenvalue weighted by molar-refractivity contribution is -0.682. The van der Waals surface area contributed by atoms with Crippen LogP contribution >= 0.6 is 0 Å². The Morgan fingerprint density at radius 1 is 1.00 bits per heavy atom. The Labute approximate surface area is 144 Å². The first-order valence-electron chi connectivity index (χ1n) is 8.26. The van der Waals surface area contributed by atoms with Gasteiger partial charge in [0.1, 0.15) is 4.92 Å². The highest BCUT2D eigenvalue weighted by Gasteiger charge is 2.84. The molecule has 0 spiro atoms. The number of ether oxygens (including phenoxy) is 1. The number of hydrogen-bond donors (Lipinski definition) is 0. The van der Waals surface area contributed by atoms with Crippen LogP contribution in [0.15, 0.2) is 0 Å². The summed E-state index contributed by atoms with van der Waals surface area (Å²) in [5.74, 6) is -14.3. The average Bonchev–Trinajstić information content (AvgIpc) is 2.50. The van der Waals surface area contributed by atoms with Crippen LogP contribution in [0.25, 0.3) is 0 Å². The second-order valence-corrected chi connectivity index (χ2v) is 7.94. The number of carbonyl (C=O) groups excluding carboxylic acids is 1. The minimum Gasteiger partial charge on any atom is -0.460 e. The molecule has 0 aromatic heterocycles. The van der Waals surface area contributed by atoms with Crippen LogP contribution in [0.4, 0.5) is 26.3 Å². The van der Waals surface area contributed by atoms with Crippen molar-refractivity contribution in [3.05, 3.63) is 10.1 Å². The van der Waals surface area contributed by atoms with Crippen LogP contribution in [0.3, 0.4) is 0 Å². The first-order valence-corrected chi connectivity index (χ1v) is 8.26. The third-order valence-electron chi connectivity index (χ3n) is 5.93. The second kappa shape index (κ2) is 5.72. The summed E-state index contributed by atoms with van der Waals surface area (Å²) < 4.78 is 84.0. The van der Waals surface area contributed by atoms with E-state index in [1.807, 2.05) is 0 Å². The third kappa shape index (κ3) is 2.74. The first kappa shape index (κ1) is 19.2. The van der Waals surface area contributed by atoms with Crippen molar-refractivity contribution < 1.29 is 40.8 Å². The molecule has 0 aromatic rings. The lowest BCUT2D eigenvalue weighted by Gasteiger charge is -2.56.